The number of carbonyl (C=O) groups is 1. The van der Waals surface area contributed by atoms with Gasteiger partial charge in [0.2, 0.25) is 0 Å². The van der Waals surface area contributed by atoms with Gasteiger partial charge in [-0.15, -0.1) is 11.3 Å². The van der Waals surface area contributed by atoms with Gasteiger partial charge in [0.25, 0.3) is 5.56 Å². The molecule has 0 amide bonds. The van der Waals surface area contributed by atoms with Gasteiger partial charge < -0.3 is 4.74 Å². The minimum Gasteiger partial charge on any atom is -0.462 e. The van der Waals surface area contributed by atoms with Gasteiger partial charge in [-0.05, 0) is 41.3 Å². The van der Waals surface area contributed by atoms with Crippen molar-refractivity contribution in [1.82, 2.24) is 9.55 Å². The molecule has 0 saturated carbocycles. The van der Waals surface area contributed by atoms with Gasteiger partial charge in [0, 0.05) is 10.9 Å². The Morgan fingerprint density at radius 1 is 0.941 bits per heavy atom. The van der Waals surface area contributed by atoms with Gasteiger partial charge in [-0.2, -0.15) is 0 Å². The summed E-state index contributed by atoms with van der Waals surface area (Å²) in [6, 6.07) is 25.6. The highest BCUT2D eigenvalue weighted by atomic mass is 32.1. The van der Waals surface area contributed by atoms with Crippen LogP contribution in [0.15, 0.2) is 95.4 Å². The highest BCUT2D eigenvalue weighted by Crippen LogP contribution is 2.32. The second-order valence-corrected chi connectivity index (χ2v) is 8.73. The smallest absolute Gasteiger partial charge is 0.338 e. The molecule has 0 N–H and O–H groups in total. The zero-order valence-electron chi connectivity index (χ0n) is 18.6. The van der Waals surface area contributed by atoms with Crippen molar-refractivity contribution in [2.75, 3.05) is 6.61 Å². The SMILES string of the molecule is CCOC(=O)c1cccc(Cn2cnc3scc(-c4ccc(-c5ccccc5)cc4)c3c2=O)c1. The number of thiophene rings is 1. The van der Waals surface area contributed by atoms with Crippen LogP contribution in [0.1, 0.15) is 22.8 Å². The number of benzene rings is 3. The van der Waals surface area contributed by atoms with Crippen LogP contribution < -0.4 is 5.56 Å². The first-order chi connectivity index (χ1) is 16.6. The van der Waals surface area contributed by atoms with Crippen molar-refractivity contribution >= 4 is 27.5 Å². The average Bonchev–Trinajstić information content (AvgIpc) is 3.32. The second-order valence-electron chi connectivity index (χ2n) is 7.87. The number of fused-ring (bicyclic) bond motifs is 1. The van der Waals surface area contributed by atoms with E-state index in [9.17, 15) is 9.59 Å². The number of nitrogens with zero attached hydrogens (tertiary/aromatic N) is 2. The van der Waals surface area contributed by atoms with Crippen LogP contribution in [0, 0.1) is 0 Å². The third kappa shape index (κ3) is 4.28. The molecule has 6 heteroatoms. The lowest BCUT2D eigenvalue weighted by atomic mass is 10.0. The van der Waals surface area contributed by atoms with E-state index in [0.717, 1.165) is 27.8 Å². The third-order valence-corrected chi connectivity index (χ3v) is 6.54. The molecule has 0 atom stereocenters. The van der Waals surface area contributed by atoms with E-state index in [-0.39, 0.29) is 11.5 Å². The molecule has 0 radical (unpaired) electrons. The molecule has 0 saturated heterocycles. The zero-order valence-corrected chi connectivity index (χ0v) is 19.4. The number of esters is 1. The van der Waals surface area contributed by atoms with Gasteiger partial charge in [0.05, 0.1) is 30.4 Å². The van der Waals surface area contributed by atoms with Crippen molar-refractivity contribution in [2.24, 2.45) is 0 Å². The fraction of sp³-hybridized carbons (Fsp3) is 0.107. The fourth-order valence-electron chi connectivity index (χ4n) is 3.97. The molecule has 0 aliphatic carbocycles. The Morgan fingerprint density at radius 2 is 1.68 bits per heavy atom. The van der Waals surface area contributed by atoms with Crippen LogP contribution in [-0.2, 0) is 11.3 Å². The number of hydrogen-bond acceptors (Lipinski definition) is 5. The van der Waals surface area contributed by atoms with Crippen LogP contribution in [-0.4, -0.2) is 22.1 Å². The van der Waals surface area contributed by atoms with Crippen LogP contribution in [0.3, 0.4) is 0 Å². The lowest BCUT2D eigenvalue weighted by Gasteiger charge is -2.08. The molecule has 2 heterocycles. The van der Waals surface area contributed by atoms with Gasteiger partial charge in [-0.25, -0.2) is 9.78 Å². The molecule has 2 aromatic heterocycles. The summed E-state index contributed by atoms with van der Waals surface area (Å²) in [4.78, 5) is 30.7. The maximum Gasteiger partial charge on any atom is 0.338 e. The molecule has 5 aromatic rings. The summed E-state index contributed by atoms with van der Waals surface area (Å²) in [6.07, 6.45) is 1.57. The normalized spacial score (nSPS) is 11.0. The summed E-state index contributed by atoms with van der Waals surface area (Å²) in [6.45, 7) is 2.41. The molecule has 5 nitrogen and oxygen atoms in total. The molecule has 0 fully saturated rings. The third-order valence-electron chi connectivity index (χ3n) is 5.65. The highest BCUT2D eigenvalue weighted by molar-refractivity contribution is 7.17. The number of hydrogen-bond donors (Lipinski definition) is 0. The van der Waals surface area contributed by atoms with E-state index in [1.807, 2.05) is 41.8 Å². The number of carbonyl (C=O) groups excluding carboxylic acids is 1. The summed E-state index contributed by atoms with van der Waals surface area (Å²) >= 11 is 1.46. The van der Waals surface area contributed by atoms with Gasteiger partial charge in [0.15, 0.2) is 0 Å². The standard InChI is InChI=1S/C28H22N2O3S/c1-2-33-28(32)23-10-6-7-19(15-23)16-30-18-29-26-25(27(30)31)24(17-34-26)22-13-11-21(12-14-22)20-8-4-3-5-9-20/h3-15,17-18H,2,16H2,1H3. The molecular weight excluding hydrogens is 444 g/mol. The van der Waals surface area contributed by atoms with E-state index in [1.54, 1.807) is 36.0 Å². The fourth-order valence-corrected chi connectivity index (χ4v) is 4.88. The number of ether oxygens (including phenoxy) is 1. The first-order valence-corrected chi connectivity index (χ1v) is 11.9. The molecule has 5 rings (SSSR count). The van der Waals surface area contributed by atoms with Gasteiger partial charge in [-0.3, -0.25) is 9.36 Å². The minimum atomic E-state index is -0.371. The minimum absolute atomic E-state index is 0.102. The van der Waals surface area contributed by atoms with Crippen molar-refractivity contribution in [3.63, 3.8) is 0 Å². The number of aromatic nitrogens is 2. The Morgan fingerprint density at radius 3 is 2.44 bits per heavy atom. The molecule has 168 valence electrons. The van der Waals surface area contributed by atoms with Crippen LogP contribution >= 0.6 is 11.3 Å². The monoisotopic (exact) mass is 466 g/mol. The second kappa shape index (κ2) is 9.45. The molecule has 0 aliphatic heterocycles. The Labute approximate surface area is 200 Å². The molecular formula is C28H22N2O3S. The summed E-state index contributed by atoms with van der Waals surface area (Å²) < 4.78 is 6.67. The Bertz CT molecular complexity index is 1520. The maximum absolute atomic E-state index is 13.4. The lowest BCUT2D eigenvalue weighted by Crippen LogP contribution is -2.21. The summed E-state index contributed by atoms with van der Waals surface area (Å²) in [5, 5.41) is 2.60. The van der Waals surface area contributed by atoms with E-state index in [1.165, 1.54) is 11.3 Å². The molecule has 0 bridgehead atoms. The lowest BCUT2D eigenvalue weighted by molar-refractivity contribution is 0.0526. The van der Waals surface area contributed by atoms with Crippen molar-refractivity contribution in [3.05, 3.63) is 112 Å². The van der Waals surface area contributed by atoms with E-state index >= 15 is 0 Å². The van der Waals surface area contributed by atoms with E-state index in [2.05, 4.69) is 29.2 Å². The Kier molecular flexibility index (Phi) is 6.06. The highest BCUT2D eigenvalue weighted by Gasteiger charge is 2.14. The zero-order chi connectivity index (χ0) is 23.5. The Hall–Kier alpha value is -4.03. The number of rotatable bonds is 6. The predicted molar refractivity (Wildman–Crippen MR) is 136 cm³/mol. The van der Waals surface area contributed by atoms with Crippen molar-refractivity contribution in [2.45, 2.75) is 13.5 Å². The van der Waals surface area contributed by atoms with Crippen LogP contribution in [0.25, 0.3) is 32.5 Å². The molecule has 0 aliphatic rings. The van der Waals surface area contributed by atoms with Crippen molar-refractivity contribution < 1.29 is 9.53 Å². The van der Waals surface area contributed by atoms with Crippen LogP contribution in [0.5, 0.6) is 0 Å². The molecule has 3 aromatic carbocycles. The first kappa shape index (κ1) is 21.8. The molecule has 0 spiro atoms. The van der Waals surface area contributed by atoms with Crippen molar-refractivity contribution in [1.29, 1.82) is 0 Å². The predicted octanol–water partition coefficient (Wildman–Crippen LogP) is 6.02. The average molecular weight is 467 g/mol. The molecule has 0 unspecified atom stereocenters. The van der Waals surface area contributed by atoms with E-state index in [4.69, 9.17) is 4.74 Å². The van der Waals surface area contributed by atoms with Gasteiger partial charge in [-0.1, -0.05) is 66.7 Å². The van der Waals surface area contributed by atoms with Crippen LogP contribution in [0.4, 0.5) is 0 Å². The quantitative estimate of drug-likeness (QED) is 0.287. The van der Waals surface area contributed by atoms with E-state index < -0.39 is 0 Å². The topological polar surface area (TPSA) is 61.2 Å². The largest absolute Gasteiger partial charge is 0.462 e. The summed E-state index contributed by atoms with van der Waals surface area (Å²) in [7, 11) is 0. The van der Waals surface area contributed by atoms with Crippen molar-refractivity contribution in [3.8, 4) is 22.3 Å². The molecule has 34 heavy (non-hydrogen) atoms. The summed E-state index contributed by atoms with van der Waals surface area (Å²) in [5.74, 6) is -0.371. The van der Waals surface area contributed by atoms with Crippen LogP contribution in [0.2, 0.25) is 0 Å². The van der Waals surface area contributed by atoms with E-state index in [0.29, 0.717) is 28.9 Å². The first-order valence-electron chi connectivity index (χ1n) is 11.0. The summed E-state index contributed by atoms with van der Waals surface area (Å²) in [5.41, 5.74) is 5.33. The van der Waals surface area contributed by atoms with Gasteiger partial charge >= 0.3 is 5.97 Å². The van der Waals surface area contributed by atoms with Gasteiger partial charge in [0.1, 0.15) is 4.83 Å². The maximum atomic E-state index is 13.4. The Balaban J connectivity index is 1.48.